The first-order valence-electron chi connectivity index (χ1n) is 3.96. The van der Waals surface area contributed by atoms with Gasteiger partial charge in [-0.25, -0.2) is 0 Å². The average Bonchev–Trinajstić information content (AvgIpc) is 2.63. The predicted molar refractivity (Wildman–Crippen MR) is 52.2 cm³/mol. The van der Waals surface area contributed by atoms with Gasteiger partial charge >= 0.3 is 0 Å². The molecule has 0 amide bonds. The number of nitrogens with zero attached hydrogens (tertiary/aromatic N) is 1. The third kappa shape index (κ3) is 1.52. The van der Waals surface area contributed by atoms with Gasteiger partial charge in [0, 0.05) is 6.08 Å². The maximum absolute atomic E-state index is 8.36. The van der Waals surface area contributed by atoms with Gasteiger partial charge in [-0.1, -0.05) is 11.6 Å². The molecule has 0 atom stereocenters. The molecular weight excluding hydrogens is 202 g/mol. The molecule has 0 saturated carbocycles. The van der Waals surface area contributed by atoms with E-state index >= 15 is 0 Å². The highest BCUT2D eigenvalue weighted by molar-refractivity contribution is 6.32. The van der Waals surface area contributed by atoms with Crippen LogP contribution in [0.2, 0.25) is 5.02 Å². The molecule has 1 aliphatic rings. The van der Waals surface area contributed by atoms with Crippen LogP contribution in [0.3, 0.4) is 0 Å². The number of allylic oxidation sites excluding steroid dienone is 1. The van der Waals surface area contributed by atoms with Gasteiger partial charge in [-0.15, -0.1) is 0 Å². The maximum atomic E-state index is 8.36. The first-order valence-corrected chi connectivity index (χ1v) is 4.34. The molecule has 70 valence electrons. The van der Waals surface area contributed by atoms with Gasteiger partial charge in [-0.05, 0) is 23.8 Å². The third-order valence-electron chi connectivity index (χ3n) is 1.80. The minimum Gasteiger partial charge on any atom is -0.454 e. The van der Waals surface area contributed by atoms with Crippen molar-refractivity contribution in [2.75, 3.05) is 6.79 Å². The molecule has 0 spiro atoms. The molecule has 1 aromatic carbocycles. The summed E-state index contributed by atoms with van der Waals surface area (Å²) in [6, 6.07) is 5.41. The van der Waals surface area contributed by atoms with E-state index in [2.05, 4.69) is 0 Å². The Morgan fingerprint density at radius 3 is 3.07 bits per heavy atom. The molecule has 1 aromatic rings. The van der Waals surface area contributed by atoms with Crippen LogP contribution in [0.15, 0.2) is 18.2 Å². The standard InChI is InChI=1S/C10H6ClNO2/c11-8-4-7(2-1-3-12)5-9-10(8)14-6-13-9/h1-2,4-5H,6H2. The summed E-state index contributed by atoms with van der Waals surface area (Å²) in [4.78, 5) is 0. The molecule has 1 aliphatic heterocycles. The summed E-state index contributed by atoms with van der Waals surface area (Å²) in [5.74, 6) is 1.19. The smallest absolute Gasteiger partial charge is 0.231 e. The summed E-state index contributed by atoms with van der Waals surface area (Å²) >= 11 is 5.93. The Morgan fingerprint density at radius 2 is 2.29 bits per heavy atom. The van der Waals surface area contributed by atoms with Crippen molar-refractivity contribution in [3.8, 4) is 17.6 Å². The van der Waals surface area contributed by atoms with Crippen LogP contribution in [-0.4, -0.2) is 6.79 Å². The van der Waals surface area contributed by atoms with Crippen molar-refractivity contribution in [2.45, 2.75) is 0 Å². The number of ether oxygens (including phenoxy) is 2. The van der Waals surface area contributed by atoms with Gasteiger partial charge < -0.3 is 9.47 Å². The van der Waals surface area contributed by atoms with Gasteiger partial charge in [0.15, 0.2) is 11.5 Å². The van der Waals surface area contributed by atoms with E-state index in [4.69, 9.17) is 26.3 Å². The van der Waals surface area contributed by atoms with Gasteiger partial charge in [0.25, 0.3) is 0 Å². The monoisotopic (exact) mass is 207 g/mol. The number of fused-ring (bicyclic) bond motifs is 1. The van der Waals surface area contributed by atoms with E-state index in [0.717, 1.165) is 5.56 Å². The van der Waals surface area contributed by atoms with E-state index < -0.39 is 0 Å². The molecule has 0 unspecified atom stereocenters. The molecule has 4 heteroatoms. The van der Waals surface area contributed by atoms with Crippen molar-refractivity contribution in [3.05, 3.63) is 28.8 Å². The Hall–Kier alpha value is -1.66. The number of halogens is 1. The second-order valence-electron chi connectivity index (χ2n) is 2.70. The zero-order valence-electron chi connectivity index (χ0n) is 7.16. The van der Waals surface area contributed by atoms with Gasteiger partial charge in [0.05, 0.1) is 11.1 Å². The predicted octanol–water partition coefficient (Wildman–Crippen LogP) is 2.61. The van der Waals surface area contributed by atoms with Crippen LogP contribution in [0.4, 0.5) is 0 Å². The highest BCUT2D eigenvalue weighted by atomic mass is 35.5. The molecule has 0 N–H and O–H groups in total. The van der Waals surface area contributed by atoms with Crippen LogP contribution >= 0.6 is 11.6 Å². The lowest BCUT2D eigenvalue weighted by Crippen LogP contribution is -1.93. The van der Waals surface area contributed by atoms with Gasteiger partial charge in [0.2, 0.25) is 6.79 Å². The normalized spacial score (nSPS) is 13.1. The number of benzene rings is 1. The summed E-state index contributed by atoms with van der Waals surface area (Å²) in [7, 11) is 0. The fourth-order valence-electron chi connectivity index (χ4n) is 1.22. The molecule has 2 rings (SSSR count). The summed E-state index contributed by atoms with van der Waals surface area (Å²) in [5, 5.41) is 8.86. The molecule has 0 fully saturated rings. The van der Waals surface area contributed by atoms with Crippen molar-refractivity contribution < 1.29 is 9.47 Å². The number of nitriles is 1. The zero-order valence-corrected chi connectivity index (χ0v) is 7.91. The minimum absolute atomic E-state index is 0.195. The van der Waals surface area contributed by atoms with Gasteiger partial charge in [-0.2, -0.15) is 5.26 Å². The molecule has 0 radical (unpaired) electrons. The molecular formula is C10H6ClNO2. The van der Waals surface area contributed by atoms with Crippen molar-refractivity contribution in [2.24, 2.45) is 0 Å². The molecule has 14 heavy (non-hydrogen) atoms. The van der Waals surface area contributed by atoms with Crippen LogP contribution in [-0.2, 0) is 0 Å². The molecule has 0 aromatic heterocycles. The molecule has 3 nitrogen and oxygen atoms in total. The van der Waals surface area contributed by atoms with Crippen molar-refractivity contribution in [1.29, 1.82) is 5.26 Å². The van der Waals surface area contributed by atoms with Crippen molar-refractivity contribution in [3.63, 3.8) is 0 Å². The molecule has 1 heterocycles. The van der Waals surface area contributed by atoms with Gasteiger partial charge in [0.1, 0.15) is 0 Å². The first-order chi connectivity index (χ1) is 6.81. The molecule has 0 aliphatic carbocycles. The quantitative estimate of drug-likeness (QED) is 0.665. The van der Waals surface area contributed by atoms with Crippen LogP contribution < -0.4 is 9.47 Å². The topological polar surface area (TPSA) is 42.2 Å². The van der Waals surface area contributed by atoms with Crippen molar-refractivity contribution >= 4 is 17.7 Å². The van der Waals surface area contributed by atoms with E-state index in [1.54, 1.807) is 18.2 Å². The number of rotatable bonds is 1. The third-order valence-corrected chi connectivity index (χ3v) is 2.08. The van der Waals surface area contributed by atoms with E-state index in [9.17, 15) is 0 Å². The fourth-order valence-corrected chi connectivity index (χ4v) is 1.49. The zero-order chi connectivity index (χ0) is 9.97. The second kappa shape index (κ2) is 3.60. The van der Waals surface area contributed by atoms with Crippen molar-refractivity contribution in [1.82, 2.24) is 0 Å². The summed E-state index contributed by atoms with van der Waals surface area (Å²) in [6.07, 6.45) is 3.04. The lowest BCUT2D eigenvalue weighted by molar-refractivity contribution is 0.174. The SMILES string of the molecule is N#CC=Cc1cc(Cl)c2c(c1)OCO2. The van der Waals surface area contributed by atoms with Crippen LogP contribution in [0.5, 0.6) is 11.5 Å². The van der Waals surface area contributed by atoms with E-state index in [0.29, 0.717) is 16.5 Å². The largest absolute Gasteiger partial charge is 0.454 e. The second-order valence-corrected chi connectivity index (χ2v) is 3.11. The Bertz CT molecular complexity index is 434. The highest BCUT2D eigenvalue weighted by Crippen LogP contribution is 2.39. The maximum Gasteiger partial charge on any atom is 0.231 e. The number of hydrogen-bond acceptors (Lipinski definition) is 3. The Balaban J connectivity index is 2.43. The Kier molecular flexibility index (Phi) is 2.30. The Labute approximate surface area is 86.1 Å². The van der Waals surface area contributed by atoms with E-state index in [1.165, 1.54) is 6.08 Å². The van der Waals surface area contributed by atoms with E-state index in [-0.39, 0.29) is 6.79 Å². The van der Waals surface area contributed by atoms with Crippen LogP contribution in [0.1, 0.15) is 5.56 Å². The van der Waals surface area contributed by atoms with Crippen LogP contribution in [0.25, 0.3) is 6.08 Å². The lowest BCUT2D eigenvalue weighted by Gasteiger charge is -2.00. The summed E-state index contributed by atoms with van der Waals surface area (Å²) in [5.41, 5.74) is 0.820. The van der Waals surface area contributed by atoms with E-state index in [1.807, 2.05) is 6.07 Å². The molecule has 0 saturated heterocycles. The highest BCUT2D eigenvalue weighted by Gasteiger charge is 2.17. The number of hydrogen-bond donors (Lipinski definition) is 0. The summed E-state index contributed by atoms with van der Waals surface area (Å²) in [6.45, 7) is 0.195. The lowest BCUT2D eigenvalue weighted by atomic mass is 10.2. The fraction of sp³-hybridized carbons (Fsp3) is 0.100. The Morgan fingerprint density at radius 1 is 1.43 bits per heavy atom. The van der Waals surface area contributed by atoms with Crippen LogP contribution in [0, 0.1) is 11.3 Å². The first kappa shape index (κ1) is 8.92. The summed E-state index contributed by atoms with van der Waals surface area (Å²) < 4.78 is 10.3. The molecule has 0 bridgehead atoms. The van der Waals surface area contributed by atoms with Gasteiger partial charge in [-0.3, -0.25) is 0 Å². The minimum atomic E-state index is 0.195. The average molecular weight is 208 g/mol.